The zero-order chi connectivity index (χ0) is 16.8. The van der Waals surface area contributed by atoms with Gasteiger partial charge >= 0.3 is 0 Å². The number of phenolic OH excluding ortho intramolecular Hbond substituents is 1. The number of fused-ring (bicyclic) bond motifs is 1. The number of hydrogen-bond acceptors (Lipinski definition) is 3. The van der Waals surface area contributed by atoms with E-state index < -0.39 is 0 Å². The van der Waals surface area contributed by atoms with Crippen molar-refractivity contribution >= 4 is 0 Å². The first kappa shape index (κ1) is 16.6. The molecule has 0 aromatic heterocycles. The zero-order valence-corrected chi connectivity index (χ0v) is 15.2. The Bertz CT molecular complexity index is 608. The Kier molecular flexibility index (Phi) is 4.35. The summed E-state index contributed by atoms with van der Waals surface area (Å²) in [5, 5.41) is 10.3. The molecule has 23 heavy (non-hydrogen) atoms. The average Bonchev–Trinajstić information content (AvgIpc) is 2.50. The summed E-state index contributed by atoms with van der Waals surface area (Å²) < 4.78 is 12.5. The summed E-state index contributed by atoms with van der Waals surface area (Å²) in [6, 6.07) is 0. The van der Waals surface area contributed by atoms with Crippen LogP contribution < -0.4 is 4.74 Å². The van der Waals surface area contributed by atoms with Crippen molar-refractivity contribution in [2.45, 2.75) is 78.4 Å². The van der Waals surface area contributed by atoms with Crippen LogP contribution in [0, 0.1) is 26.7 Å². The van der Waals surface area contributed by atoms with E-state index in [9.17, 15) is 5.11 Å². The van der Waals surface area contributed by atoms with E-state index in [0.717, 1.165) is 60.6 Å². The smallest absolute Gasteiger partial charge is 0.127 e. The second-order valence-electron chi connectivity index (χ2n) is 7.91. The van der Waals surface area contributed by atoms with E-state index in [0.29, 0.717) is 11.9 Å². The van der Waals surface area contributed by atoms with Gasteiger partial charge < -0.3 is 14.6 Å². The van der Waals surface area contributed by atoms with Crippen molar-refractivity contribution in [3.05, 3.63) is 22.3 Å². The van der Waals surface area contributed by atoms with Crippen LogP contribution in [0.5, 0.6) is 11.5 Å². The lowest BCUT2D eigenvalue weighted by Gasteiger charge is -2.41. The molecule has 3 atom stereocenters. The van der Waals surface area contributed by atoms with Crippen molar-refractivity contribution in [2.75, 3.05) is 6.61 Å². The van der Waals surface area contributed by atoms with Crippen LogP contribution in [0.15, 0.2) is 0 Å². The first-order chi connectivity index (χ1) is 10.8. The molecule has 2 aliphatic rings. The summed E-state index contributed by atoms with van der Waals surface area (Å²) in [7, 11) is 0. The van der Waals surface area contributed by atoms with Crippen molar-refractivity contribution in [2.24, 2.45) is 5.92 Å². The molecule has 0 radical (unpaired) electrons. The lowest BCUT2D eigenvalue weighted by atomic mass is 9.82. The summed E-state index contributed by atoms with van der Waals surface area (Å²) in [5.74, 6) is 2.17. The van der Waals surface area contributed by atoms with Gasteiger partial charge in [-0.25, -0.2) is 0 Å². The van der Waals surface area contributed by atoms with Crippen LogP contribution in [-0.4, -0.2) is 23.4 Å². The molecule has 0 aliphatic carbocycles. The Labute approximate surface area is 140 Å². The quantitative estimate of drug-likeness (QED) is 0.865. The third kappa shape index (κ3) is 3.08. The van der Waals surface area contributed by atoms with E-state index in [1.807, 2.05) is 13.8 Å². The maximum Gasteiger partial charge on any atom is 0.127 e. The maximum atomic E-state index is 10.3. The lowest BCUT2D eigenvalue weighted by molar-refractivity contribution is -0.0575. The second-order valence-corrected chi connectivity index (χ2v) is 7.91. The molecule has 2 aliphatic heterocycles. The van der Waals surface area contributed by atoms with Gasteiger partial charge in [-0.1, -0.05) is 6.92 Å². The Hall–Kier alpha value is -1.22. The fourth-order valence-electron chi connectivity index (χ4n) is 4.13. The molecule has 3 unspecified atom stereocenters. The van der Waals surface area contributed by atoms with Gasteiger partial charge in [0, 0.05) is 18.6 Å². The van der Waals surface area contributed by atoms with E-state index in [2.05, 4.69) is 20.8 Å². The zero-order valence-electron chi connectivity index (χ0n) is 15.2. The highest BCUT2D eigenvalue weighted by Crippen LogP contribution is 2.44. The predicted molar refractivity (Wildman–Crippen MR) is 92.4 cm³/mol. The van der Waals surface area contributed by atoms with Crippen LogP contribution in [0.2, 0.25) is 0 Å². The molecular formula is C20H30O3. The maximum absolute atomic E-state index is 10.3. The molecule has 3 nitrogen and oxygen atoms in total. The summed E-state index contributed by atoms with van der Waals surface area (Å²) in [5.41, 5.74) is 4.00. The normalized spacial score (nSPS) is 30.7. The first-order valence-corrected chi connectivity index (χ1v) is 8.93. The molecule has 1 fully saturated rings. The molecule has 3 heteroatoms. The molecule has 0 bridgehead atoms. The van der Waals surface area contributed by atoms with E-state index in [-0.39, 0.29) is 5.60 Å². The number of hydrogen-bond donors (Lipinski definition) is 1. The number of rotatable bonds is 2. The molecule has 128 valence electrons. The summed E-state index contributed by atoms with van der Waals surface area (Å²) in [4.78, 5) is 0. The third-order valence-corrected chi connectivity index (χ3v) is 5.88. The van der Waals surface area contributed by atoms with Crippen LogP contribution in [0.4, 0.5) is 0 Å². The van der Waals surface area contributed by atoms with Gasteiger partial charge in [-0.2, -0.15) is 0 Å². The summed E-state index contributed by atoms with van der Waals surface area (Å²) in [6.45, 7) is 11.4. The standard InChI is InChI=1S/C20H30O3/c1-12-7-9-22-16(10-12)11-20(5)8-6-17-15(4)18(21)13(2)14(3)19(17)23-20/h12,16,21H,6-11H2,1-5H3. The molecule has 1 aromatic rings. The van der Waals surface area contributed by atoms with Crippen molar-refractivity contribution in [3.8, 4) is 11.5 Å². The van der Waals surface area contributed by atoms with Crippen molar-refractivity contribution in [3.63, 3.8) is 0 Å². The monoisotopic (exact) mass is 318 g/mol. The van der Waals surface area contributed by atoms with E-state index in [1.54, 1.807) is 0 Å². The second kappa shape index (κ2) is 6.01. The van der Waals surface area contributed by atoms with Crippen LogP contribution in [0.1, 0.15) is 61.8 Å². The lowest BCUT2D eigenvalue weighted by Crippen LogP contribution is -2.42. The van der Waals surface area contributed by atoms with Gasteiger partial charge in [0.2, 0.25) is 0 Å². The highest BCUT2D eigenvalue weighted by molar-refractivity contribution is 5.58. The van der Waals surface area contributed by atoms with Crippen molar-refractivity contribution < 1.29 is 14.6 Å². The van der Waals surface area contributed by atoms with Gasteiger partial charge in [-0.05, 0) is 76.0 Å². The van der Waals surface area contributed by atoms with Crippen LogP contribution >= 0.6 is 0 Å². The fraction of sp³-hybridized carbons (Fsp3) is 0.700. The van der Waals surface area contributed by atoms with Gasteiger partial charge in [0.25, 0.3) is 0 Å². The van der Waals surface area contributed by atoms with Crippen LogP contribution in [-0.2, 0) is 11.2 Å². The highest BCUT2D eigenvalue weighted by Gasteiger charge is 2.37. The molecular weight excluding hydrogens is 288 g/mol. The minimum absolute atomic E-state index is 0.171. The minimum Gasteiger partial charge on any atom is -0.507 e. The van der Waals surface area contributed by atoms with Crippen molar-refractivity contribution in [1.29, 1.82) is 0 Å². The number of aromatic hydroxyl groups is 1. The summed E-state index contributed by atoms with van der Waals surface area (Å²) >= 11 is 0. The molecule has 0 amide bonds. The molecule has 2 heterocycles. The van der Waals surface area contributed by atoms with Gasteiger partial charge in [0.05, 0.1) is 6.10 Å². The Morgan fingerprint density at radius 2 is 1.91 bits per heavy atom. The topological polar surface area (TPSA) is 38.7 Å². The van der Waals surface area contributed by atoms with E-state index in [4.69, 9.17) is 9.47 Å². The molecule has 1 N–H and O–H groups in total. The fourth-order valence-corrected chi connectivity index (χ4v) is 4.13. The van der Waals surface area contributed by atoms with Crippen LogP contribution in [0.3, 0.4) is 0 Å². The number of ether oxygens (including phenoxy) is 2. The van der Waals surface area contributed by atoms with Gasteiger partial charge in [-0.15, -0.1) is 0 Å². The molecule has 0 saturated carbocycles. The Balaban J connectivity index is 1.84. The van der Waals surface area contributed by atoms with Crippen molar-refractivity contribution in [1.82, 2.24) is 0 Å². The van der Waals surface area contributed by atoms with Gasteiger partial charge in [0.15, 0.2) is 0 Å². The van der Waals surface area contributed by atoms with Gasteiger partial charge in [-0.3, -0.25) is 0 Å². The number of phenols is 1. The molecule has 1 saturated heterocycles. The SMILES string of the molecule is Cc1c(C)c2c(c(C)c1O)CCC(C)(CC1CC(C)CCO1)O2. The number of benzene rings is 1. The van der Waals surface area contributed by atoms with E-state index in [1.165, 1.54) is 12.0 Å². The predicted octanol–water partition coefficient (Wildman–Crippen LogP) is 4.61. The third-order valence-electron chi connectivity index (χ3n) is 5.88. The van der Waals surface area contributed by atoms with Crippen LogP contribution in [0.25, 0.3) is 0 Å². The summed E-state index contributed by atoms with van der Waals surface area (Å²) in [6.07, 6.45) is 5.53. The minimum atomic E-state index is -0.171. The Morgan fingerprint density at radius 1 is 1.17 bits per heavy atom. The molecule has 0 spiro atoms. The largest absolute Gasteiger partial charge is 0.507 e. The average molecular weight is 318 g/mol. The first-order valence-electron chi connectivity index (χ1n) is 8.93. The Morgan fingerprint density at radius 3 is 2.61 bits per heavy atom. The highest BCUT2D eigenvalue weighted by atomic mass is 16.5. The molecule has 1 aromatic carbocycles. The molecule has 3 rings (SSSR count). The van der Waals surface area contributed by atoms with Gasteiger partial charge in [0.1, 0.15) is 17.1 Å². The van der Waals surface area contributed by atoms with E-state index >= 15 is 0 Å².